The molecule has 0 N–H and O–H groups in total. The Bertz CT molecular complexity index is 809. The van der Waals surface area contributed by atoms with Crippen molar-refractivity contribution in [3.8, 4) is 0 Å². The first-order valence-electron chi connectivity index (χ1n) is 7.66. The minimum atomic E-state index is 0.200. The fraction of sp³-hybridized carbons (Fsp3) is 0.316. The van der Waals surface area contributed by atoms with Gasteiger partial charge in [-0.1, -0.05) is 24.3 Å². The third-order valence-corrected chi connectivity index (χ3v) is 3.81. The summed E-state index contributed by atoms with van der Waals surface area (Å²) < 4.78 is 5.87. The fourth-order valence-electron chi connectivity index (χ4n) is 2.70. The molecule has 3 rings (SSSR count). The number of benzene rings is 2. The lowest BCUT2D eigenvalue weighted by Crippen LogP contribution is -2.13. The monoisotopic (exact) mass is 294 g/mol. The first kappa shape index (κ1) is 14.8. The van der Waals surface area contributed by atoms with Gasteiger partial charge in [-0.2, -0.15) is 0 Å². The van der Waals surface area contributed by atoms with Gasteiger partial charge in [0.1, 0.15) is 0 Å². The maximum absolute atomic E-state index is 5.87. The van der Waals surface area contributed by atoms with E-state index in [2.05, 4.69) is 63.2 Å². The molecule has 0 spiro atoms. The van der Waals surface area contributed by atoms with Gasteiger partial charge in [0, 0.05) is 36.1 Å². The van der Waals surface area contributed by atoms with Gasteiger partial charge in [-0.25, -0.2) is 4.98 Å². The topological polar surface area (TPSA) is 25.4 Å². The Hall–Kier alpha value is -2.13. The molecule has 0 saturated heterocycles. The van der Waals surface area contributed by atoms with E-state index in [0.717, 1.165) is 27.7 Å². The van der Waals surface area contributed by atoms with Crippen molar-refractivity contribution in [1.82, 2.24) is 4.98 Å². The smallest absolute Gasteiger partial charge is 0.0785 e. The molecule has 0 fully saturated rings. The molecule has 0 amide bonds. The lowest BCUT2D eigenvalue weighted by atomic mass is 10.0. The van der Waals surface area contributed by atoms with E-state index in [1.54, 1.807) is 0 Å². The summed E-state index contributed by atoms with van der Waals surface area (Å²) >= 11 is 0. The number of fused-ring (bicyclic) bond motifs is 2. The van der Waals surface area contributed by atoms with Crippen LogP contribution in [-0.2, 0) is 11.3 Å². The van der Waals surface area contributed by atoms with Crippen molar-refractivity contribution in [3.05, 3.63) is 48.0 Å². The highest BCUT2D eigenvalue weighted by Gasteiger charge is 2.12. The van der Waals surface area contributed by atoms with Gasteiger partial charge in [-0.05, 0) is 32.0 Å². The van der Waals surface area contributed by atoms with Gasteiger partial charge in [-0.15, -0.1) is 0 Å². The SMILES string of the molecule is CC(C)OCc1c(N(C)C)ccc2cc3ccccc3nc12. The minimum Gasteiger partial charge on any atom is -0.377 e. The average Bonchev–Trinajstić information content (AvgIpc) is 2.50. The predicted octanol–water partition coefficient (Wildman–Crippen LogP) is 4.38. The zero-order valence-corrected chi connectivity index (χ0v) is 13.6. The third kappa shape index (κ3) is 2.77. The van der Waals surface area contributed by atoms with Crippen LogP contribution in [0.5, 0.6) is 0 Å². The molecule has 0 aliphatic carbocycles. The van der Waals surface area contributed by atoms with Crippen LogP contribution < -0.4 is 4.90 Å². The molecule has 0 aliphatic rings. The molecule has 1 aromatic heterocycles. The van der Waals surface area contributed by atoms with Crippen LogP contribution in [0.3, 0.4) is 0 Å². The Kier molecular flexibility index (Phi) is 3.99. The molecule has 0 atom stereocenters. The number of pyridine rings is 1. The zero-order chi connectivity index (χ0) is 15.7. The third-order valence-electron chi connectivity index (χ3n) is 3.81. The van der Waals surface area contributed by atoms with Gasteiger partial charge in [0.2, 0.25) is 0 Å². The molecule has 114 valence electrons. The first-order chi connectivity index (χ1) is 10.6. The zero-order valence-electron chi connectivity index (χ0n) is 13.6. The van der Waals surface area contributed by atoms with Crippen LogP contribution in [0.15, 0.2) is 42.5 Å². The molecule has 3 heteroatoms. The normalized spacial score (nSPS) is 11.5. The van der Waals surface area contributed by atoms with E-state index in [-0.39, 0.29) is 6.10 Å². The molecule has 0 radical (unpaired) electrons. The molecule has 3 nitrogen and oxygen atoms in total. The number of ether oxygens (including phenoxy) is 1. The van der Waals surface area contributed by atoms with Gasteiger partial charge >= 0.3 is 0 Å². The van der Waals surface area contributed by atoms with Crippen LogP contribution in [0.25, 0.3) is 21.8 Å². The lowest BCUT2D eigenvalue weighted by molar-refractivity contribution is 0.0665. The standard InChI is InChI=1S/C19H22N2O/c1-13(2)22-12-16-18(21(3)4)10-9-15-11-14-7-5-6-8-17(14)20-19(15)16/h5-11,13H,12H2,1-4H3. The molecule has 1 heterocycles. The van der Waals surface area contributed by atoms with E-state index in [1.807, 2.05) is 12.1 Å². The molecule has 2 aromatic carbocycles. The van der Waals surface area contributed by atoms with Crippen LogP contribution in [0.4, 0.5) is 5.69 Å². The summed E-state index contributed by atoms with van der Waals surface area (Å²) in [6, 6.07) is 14.7. The molecule has 22 heavy (non-hydrogen) atoms. The second-order valence-electron chi connectivity index (χ2n) is 6.07. The van der Waals surface area contributed by atoms with Crippen molar-refractivity contribution in [2.45, 2.75) is 26.6 Å². The summed E-state index contributed by atoms with van der Waals surface area (Å²) in [5.41, 5.74) is 4.38. The number of anilines is 1. The highest BCUT2D eigenvalue weighted by Crippen LogP contribution is 2.30. The Balaban J connectivity index is 2.24. The summed E-state index contributed by atoms with van der Waals surface area (Å²) in [5, 5.41) is 2.33. The largest absolute Gasteiger partial charge is 0.377 e. The van der Waals surface area contributed by atoms with E-state index >= 15 is 0 Å². The van der Waals surface area contributed by atoms with Crippen LogP contribution >= 0.6 is 0 Å². The molecular formula is C19H22N2O. The first-order valence-corrected chi connectivity index (χ1v) is 7.66. The summed E-state index contributed by atoms with van der Waals surface area (Å²) in [5.74, 6) is 0. The molecule has 0 bridgehead atoms. The Morgan fingerprint density at radius 1 is 1.05 bits per heavy atom. The summed E-state index contributed by atoms with van der Waals surface area (Å²) in [6.07, 6.45) is 0.200. The van der Waals surface area contributed by atoms with Crippen molar-refractivity contribution in [1.29, 1.82) is 0 Å². The van der Waals surface area contributed by atoms with Crippen LogP contribution in [0.2, 0.25) is 0 Å². The van der Waals surface area contributed by atoms with E-state index in [1.165, 1.54) is 5.39 Å². The Morgan fingerprint density at radius 2 is 1.82 bits per heavy atom. The van der Waals surface area contributed by atoms with E-state index in [4.69, 9.17) is 9.72 Å². The number of hydrogen-bond acceptors (Lipinski definition) is 3. The number of rotatable bonds is 4. The van der Waals surface area contributed by atoms with Gasteiger partial charge < -0.3 is 9.64 Å². The van der Waals surface area contributed by atoms with Gasteiger partial charge in [0.05, 0.1) is 23.7 Å². The second kappa shape index (κ2) is 5.93. The Morgan fingerprint density at radius 3 is 2.55 bits per heavy atom. The fourth-order valence-corrected chi connectivity index (χ4v) is 2.70. The average molecular weight is 294 g/mol. The molecule has 0 unspecified atom stereocenters. The Labute approximate surface area is 131 Å². The number of hydrogen-bond donors (Lipinski definition) is 0. The summed E-state index contributed by atoms with van der Waals surface area (Å²) in [4.78, 5) is 7.01. The minimum absolute atomic E-state index is 0.200. The van der Waals surface area contributed by atoms with Crippen LogP contribution in [0, 0.1) is 0 Å². The molecule has 0 aliphatic heterocycles. The molecular weight excluding hydrogens is 272 g/mol. The predicted molar refractivity (Wildman–Crippen MR) is 93.5 cm³/mol. The number of para-hydroxylation sites is 1. The quantitative estimate of drug-likeness (QED) is 0.668. The highest BCUT2D eigenvalue weighted by molar-refractivity contribution is 5.96. The van der Waals surface area contributed by atoms with E-state index < -0.39 is 0 Å². The lowest BCUT2D eigenvalue weighted by Gasteiger charge is -2.20. The van der Waals surface area contributed by atoms with Crippen LogP contribution in [0.1, 0.15) is 19.4 Å². The van der Waals surface area contributed by atoms with Crippen LogP contribution in [-0.4, -0.2) is 25.2 Å². The van der Waals surface area contributed by atoms with Crippen molar-refractivity contribution < 1.29 is 4.74 Å². The maximum atomic E-state index is 5.87. The summed E-state index contributed by atoms with van der Waals surface area (Å²) in [7, 11) is 4.11. The van der Waals surface area contributed by atoms with Crippen molar-refractivity contribution in [2.75, 3.05) is 19.0 Å². The van der Waals surface area contributed by atoms with Crippen molar-refractivity contribution >= 4 is 27.5 Å². The van der Waals surface area contributed by atoms with Gasteiger partial charge in [-0.3, -0.25) is 0 Å². The maximum Gasteiger partial charge on any atom is 0.0785 e. The number of aromatic nitrogens is 1. The highest BCUT2D eigenvalue weighted by atomic mass is 16.5. The van der Waals surface area contributed by atoms with Gasteiger partial charge in [0.25, 0.3) is 0 Å². The summed E-state index contributed by atoms with van der Waals surface area (Å²) in [6.45, 7) is 4.69. The van der Waals surface area contributed by atoms with Crippen molar-refractivity contribution in [3.63, 3.8) is 0 Å². The van der Waals surface area contributed by atoms with E-state index in [9.17, 15) is 0 Å². The van der Waals surface area contributed by atoms with Gasteiger partial charge in [0.15, 0.2) is 0 Å². The molecule has 0 saturated carbocycles. The number of nitrogens with zero attached hydrogens (tertiary/aromatic N) is 2. The molecule has 3 aromatic rings. The van der Waals surface area contributed by atoms with Crippen molar-refractivity contribution in [2.24, 2.45) is 0 Å². The van der Waals surface area contributed by atoms with E-state index in [0.29, 0.717) is 6.61 Å². The second-order valence-corrected chi connectivity index (χ2v) is 6.07.